The van der Waals surface area contributed by atoms with Crippen LogP contribution in [0.3, 0.4) is 0 Å². The molecule has 0 spiro atoms. The highest BCUT2D eigenvalue weighted by atomic mass is 35.5. The number of nitrogens with zero attached hydrogens (tertiary/aromatic N) is 3. The van der Waals surface area contributed by atoms with E-state index in [2.05, 4.69) is 17.0 Å². The molecule has 0 bridgehead atoms. The van der Waals surface area contributed by atoms with Crippen molar-refractivity contribution in [3.63, 3.8) is 0 Å². The number of rotatable bonds is 4. The second-order valence-corrected chi connectivity index (χ2v) is 8.22. The van der Waals surface area contributed by atoms with Gasteiger partial charge in [-0.05, 0) is 13.0 Å². The molecule has 0 saturated carbocycles. The first-order chi connectivity index (χ1) is 10.0. The average molecular weight is 379 g/mol. The third-order valence-electron chi connectivity index (χ3n) is 2.98. The monoisotopic (exact) mass is 377 g/mol. The Balaban J connectivity index is 1.77. The zero-order valence-electron chi connectivity index (χ0n) is 10.9. The zero-order valence-corrected chi connectivity index (χ0v) is 14.8. The van der Waals surface area contributed by atoms with Gasteiger partial charge in [-0.25, -0.2) is 4.98 Å². The molecule has 0 aliphatic carbocycles. The van der Waals surface area contributed by atoms with Crippen molar-refractivity contribution in [1.29, 1.82) is 0 Å². The summed E-state index contributed by atoms with van der Waals surface area (Å²) in [5.74, 6) is 0. The van der Waals surface area contributed by atoms with E-state index in [1.807, 2.05) is 22.3 Å². The average Bonchev–Trinajstić information content (AvgIpc) is 3.10. The summed E-state index contributed by atoms with van der Waals surface area (Å²) in [7, 11) is 0. The van der Waals surface area contributed by atoms with E-state index in [9.17, 15) is 0 Å². The lowest BCUT2D eigenvalue weighted by Gasteiger charge is -2.09. The van der Waals surface area contributed by atoms with Crippen molar-refractivity contribution in [1.82, 2.24) is 14.8 Å². The van der Waals surface area contributed by atoms with Crippen LogP contribution in [0.15, 0.2) is 23.8 Å². The predicted molar refractivity (Wildman–Crippen MR) is 91.1 cm³/mol. The number of hydrogen-bond acceptors (Lipinski definition) is 4. The van der Waals surface area contributed by atoms with Crippen molar-refractivity contribution < 1.29 is 0 Å². The fourth-order valence-corrected chi connectivity index (χ4v) is 4.49. The second kappa shape index (κ2) is 6.26. The molecule has 0 amide bonds. The first kappa shape index (κ1) is 15.3. The van der Waals surface area contributed by atoms with Gasteiger partial charge >= 0.3 is 0 Å². The summed E-state index contributed by atoms with van der Waals surface area (Å²) in [6.45, 7) is 2.08. The van der Waals surface area contributed by atoms with E-state index in [1.165, 1.54) is 11.3 Å². The molecule has 0 aliphatic rings. The minimum absolute atomic E-state index is 0.193. The van der Waals surface area contributed by atoms with Crippen LogP contribution in [0.2, 0.25) is 13.7 Å². The highest BCUT2D eigenvalue weighted by Crippen LogP contribution is 2.38. The molecule has 110 valence electrons. The maximum Gasteiger partial charge on any atom is 0.104 e. The van der Waals surface area contributed by atoms with Crippen LogP contribution in [0, 0.1) is 0 Å². The standard InChI is InChI=1S/C13H10Cl3N3S2/c1-7(19-5-8(14)4-17-19)2-12-18-10(6-20-12)9-3-11(15)21-13(9)16/h3-7H,2H2,1H3/t7-/m1/s1. The van der Waals surface area contributed by atoms with Crippen molar-refractivity contribution in [3.05, 3.63) is 42.5 Å². The largest absolute Gasteiger partial charge is 0.268 e. The van der Waals surface area contributed by atoms with Gasteiger partial charge in [0.1, 0.15) is 4.34 Å². The zero-order chi connectivity index (χ0) is 15.0. The van der Waals surface area contributed by atoms with Crippen LogP contribution in [0.25, 0.3) is 11.3 Å². The van der Waals surface area contributed by atoms with Gasteiger partial charge in [-0.3, -0.25) is 4.68 Å². The second-order valence-electron chi connectivity index (χ2n) is 4.56. The van der Waals surface area contributed by atoms with Crippen LogP contribution in [-0.2, 0) is 6.42 Å². The molecule has 3 nitrogen and oxygen atoms in total. The Bertz CT molecular complexity index is 762. The van der Waals surface area contributed by atoms with E-state index < -0.39 is 0 Å². The van der Waals surface area contributed by atoms with Crippen LogP contribution in [0.1, 0.15) is 18.0 Å². The van der Waals surface area contributed by atoms with Crippen molar-refractivity contribution >= 4 is 57.5 Å². The Labute approximate surface area is 145 Å². The molecule has 8 heteroatoms. The molecule has 3 aromatic heterocycles. The van der Waals surface area contributed by atoms with E-state index in [0.29, 0.717) is 13.7 Å². The van der Waals surface area contributed by atoms with Gasteiger partial charge in [0.05, 0.1) is 32.3 Å². The van der Waals surface area contributed by atoms with Crippen LogP contribution in [-0.4, -0.2) is 14.8 Å². The van der Waals surface area contributed by atoms with Gasteiger partial charge in [0.15, 0.2) is 0 Å². The summed E-state index contributed by atoms with van der Waals surface area (Å²) in [6.07, 6.45) is 4.24. The van der Waals surface area contributed by atoms with Crippen molar-refractivity contribution in [2.45, 2.75) is 19.4 Å². The van der Waals surface area contributed by atoms with Crippen LogP contribution >= 0.6 is 57.5 Å². The highest BCUT2D eigenvalue weighted by Gasteiger charge is 2.14. The van der Waals surface area contributed by atoms with Crippen LogP contribution in [0.5, 0.6) is 0 Å². The molecule has 0 aliphatic heterocycles. The van der Waals surface area contributed by atoms with E-state index in [-0.39, 0.29) is 6.04 Å². The number of aromatic nitrogens is 3. The molecule has 3 heterocycles. The van der Waals surface area contributed by atoms with E-state index in [4.69, 9.17) is 34.8 Å². The summed E-state index contributed by atoms with van der Waals surface area (Å²) >= 11 is 21.0. The summed E-state index contributed by atoms with van der Waals surface area (Å²) in [6, 6.07) is 2.04. The maximum atomic E-state index is 6.16. The molecule has 21 heavy (non-hydrogen) atoms. The first-order valence-electron chi connectivity index (χ1n) is 6.12. The normalized spacial score (nSPS) is 12.8. The topological polar surface area (TPSA) is 30.7 Å². The molecule has 0 saturated heterocycles. The highest BCUT2D eigenvalue weighted by molar-refractivity contribution is 7.20. The maximum absolute atomic E-state index is 6.16. The molecule has 0 N–H and O–H groups in total. The van der Waals surface area contributed by atoms with Gasteiger partial charge in [-0.15, -0.1) is 22.7 Å². The quantitative estimate of drug-likeness (QED) is 0.571. The molecule has 1 atom stereocenters. The molecular formula is C13H10Cl3N3S2. The molecular weight excluding hydrogens is 369 g/mol. The van der Waals surface area contributed by atoms with Crippen LogP contribution < -0.4 is 0 Å². The summed E-state index contributed by atoms with van der Waals surface area (Å²) in [4.78, 5) is 4.63. The van der Waals surface area contributed by atoms with Crippen LogP contribution in [0.4, 0.5) is 0 Å². The minimum Gasteiger partial charge on any atom is -0.268 e. The van der Waals surface area contributed by atoms with Gasteiger partial charge in [-0.2, -0.15) is 5.10 Å². The molecule has 3 rings (SSSR count). The Morgan fingerprint density at radius 2 is 2.14 bits per heavy atom. The van der Waals surface area contributed by atoms with Gasteiger partial charge in [0, 0.05) is 23.6 Å². The number of halogens is 3. The van der Waals surface area contributed by atoms with Gasteiger partial charge in [-0.1, -0.05) is 34.8 Å². The number of thiophene rings is 1. The molecule has 0 aromatic carbocycles. The van der Waals surface area contributed by atoms with Crippen molar-refractivity contribution in [2.75, 3.05) is 0 Å². The Morgan fingerprint density at radius 1 is 1.33 bits per heavy atom. The van der Waals surface area contributed by atoms with Gasteiger partial charge in [0.25, 0.3) is 0 Å². The van der Waals surface area contributed by atoms with Gasteiger partial charge in [0.2, 0.25) is 0 Å². The minimum atomic E-state index is 0.193. The molecule has 0 radical (unpaired) electrons. The van der Waals surface area contributed by atoms with E-state index in [1.54, 1.807) is 17.5 Å². The SMILES string of the molecule is C[C@H](Cc1nc(-c2cc(Cl)sc2Cl)cs1)n1cc(Cl)cn1. The number of hydrogen-bond donors (Lipinski definition) is 0. The first-order valence-corrected chi connectivity index (χ1v) is 8.95. The lowest BCUT2D eigenvalue weighted by molar-refractivity contribution is 0.488. The summed E-state index contributed by atoms with van der Waals surface area (Å²) in [5.41, 5.74) is 1.76. The smallest absolute Gasteiger partial charge is 0.104 e. The summed E-state index contributed by atoms with van der Waals surface area (Å²) in [5, 5.41) is 7.89. The molecule has 0 fully saturated rings. The lowest BCUT2D eigenvalue weighted by Crippen LogP contribution is -2.08. The molecule has 0 unspecified atom stereocenters. The summed E-state index contributed by atoms with van der Waals surface area (Å²) < 4.78 is 3.19. The Kier molecular flexibility index (Phi) is 4.57. The van der Waals surface area contributed by atoms with Crippen molar-refractivity contribution in [2.24, 2.45) is 0 Å². The third kappa shape index (κ3) is 3.43. The number of thiazole rings is 1. The van der Waals surface area contributed by atoms with E-state index >= 15 is 0 Å². The Morgan fingerprint density at radius 3 is 2.76 bits per heavy atom. The third-order valence-corrected chi connectivity index (χ3v) is 5.53. The lowest BCUT2D eigenvalue weighted by atomic mass is 10.2. The fraction of sp³-hybridized carbons (Fsp3) is 0.231. The fourth-order valence-electron chi connectivity index (χ4n) is 1.95. The molecule has 3 aromatic rings. The van der Waals surface area contributed by atoms with Gasteiger partial charge < -0.3 is 0 Å². The van der Waals surface area contributed by atoms with E-state index in [0.717, 1.165) is 22.7 Å². The Hall–Kier alpha value is -0.590. The van der Waals surface area contributed by atoms with Crippen molar-refractivity contribution in [3.8, 4) is 11.3 Å². The predicted octanol–water partition coefficient (Wildman–Crippen LogP) is 5.83.